The van der Waals surface area contributed by atoms with Crippen molar-refractivity contribution >= 4 is 45.6 Å². The topological polar surface area (TPSA) is 77.5 Å². The fraction of sp³-hybridized carbons (Fsp3) is 0.0435. The standard InChI is InChI=1S/C23H13Cl2N3O3S/c24-14-6-8-17(25)16(11-14)19-9-7-15(31-19)12-20-22(30)28-23(32-20)26-21(29)18(27-28)10-13-4-2-1-3-5-13/h1-9,11-12H,10H2/b20-12-. The van der Waals surface area contributed by atoms with E-state index in [0.29, 0.717) is 38.1 Å². The van der Waals surface area contributed by atoms with Crippen LogP contribution < -0.4 is 15.7 Å². The van der Waals surface area contributed by atoms with E-state index < -0.39 is 5.56 Å². The SMILES string of the molecule is O=c1nc2s/c(=C\c3ccc(-c4cc(Cl)ccc4Cl)o3)c(=O)n2nc1Cc1ccccc1. The number of nitrogens with zero attached hydrogens (tertiary/aromatic N) is 3. The van der Waals surface area contributed by atoms with Gasteiger partial charge in [-0.15, -0.1) is 0 Å². The number of hydrogen-bond acceptors (Lipinski definition) is 6. The smallest absolute Gasteiger partial charge is 0.296 e. The van der Waals surface area contributed by atoms with Crippen LogP contribution in [-0.4, -0.2) is 14.6 Å². The first-order valence-electron chi connectivity index (χ1n) is 9.51. The second kappa shape index (κ2) is 8.35. The number of hydrogen-bond donors (Lipinski definition) is 0. The van der Waals surface area contributed by atoms with Gasteiger partial charge < -0.3 is 4.42 Å². The molecule has 0 fully saturated rings. The molecule has 5 aromatic rings. The molecule has 0 radical (unpaired) electrons. The number of furan rings is 1. The molecule has 0 saturated carbocycles. The quantitative estimate of drug-likeness (QED) is 0.384. The van der Waals surface area contributed by atoms with E-state index in [4.69, 9.17) is 27.6 Å². The minimum Gasteiger partial charge on any atom is -0.457 e. The molecule has 0 spiro atoms. The predicted octanol–water partition coefficient (Wildman–Crippen LogP) is 4.22. The molecule has 0 aliphatic rings. The van der Waals surface area contributed by atoms with E-state index in [1.54, 1.807) is 36.4 Å². The number of thiazole rings is 1. The van der Waals surface area contributed by atoms with Crippen LogP contribution in [0, 0.1) is 0 Å². The Balaban J connectivity index is 1.54. The highest BCUT2D eigenvalue weighted by Gasteiger charge is 2.13. The molecule has 5 rings (SSSR count). The van der Waals surface area contributed by atoms with Crippen LogP contribution in [0.3, 0.4) is 0 Å². The van der Waals surface area contributed by atoms with Crippen LogP contribution in [0.1, 0.15) is 17.0 Å². The van der Waals surface area contributed by atoms with Crippen LogP contribution in [0.2, 0.25) is 10.0 Å². The van der Waals surface area contributed by atoms with E-state index in [1.807, 2.05) is 30.3 Å². The Morgan fingerprint density at radius 2 is 1.84 bits per heavy atom. The summed E-state index contributed by atoms with van der Waals surface area (Å²) in [5.74, 6) is 0.973. The zero-order chi connectivity index (χ0) is 22.2. The number of rotatable bonds is 4. The van der Waals surface area contributed by atoms with Gasteiger partial charge >= 0.3 is 0 Å². The van der Waals surface area contributed by atoms with Crippen LogP contribution in [0.5, 0.6) is 0 Å². The van der Waals surface area contributed by atoms with Crippen LogP contribution in [0.15, 0.2) is 74.7 Å². The van der Waals surface area contributed by atoms with Gasteiger partial charge in [-0.1, -0.05) is 64.9 Å². The van der Waals surface area contributed by atoms with Crippen LogP contribution in [-0.2, 0) is 6.42 Å². The zero-order valence-electron chi connectivity index (χ0n) is 16.3. The van der Waals surface area contributed by atoms with Gasteiger partial charge in [-0.2, -0.15) is 14.6 Å². The highest BCUT2D eigenvalue weighted by atomic mass is 35.5. The summed E-state index contributed by atoms with van der Waals surface area (Å²) in [6.45, 7) is 0. The van der Waals surface area contributed by atoms with Crippen molar-refractivity contribution in [3.63, 3.8) is 0 Å². The summed E-state index contributed by atoms with van der Waals surface area (Å²) in [4.78, 5) is 29.6. The van der Waals surface area contributed by atoms with E-state index in [1.165, 1.54) is 0 Å². The second-order valence-electron chi connectivity index (χ2n) is 6.96. The molecular weight excluding hydrogens is 469 g/mol. The maximum absolute atomic E-state index is 12.9. The van der Waals surface area contributed by atoms with Crippen molar-refractivity contribution in [2.45, 2.75) is 6.42 Å². The van der Waals surface area contributed by atoms with Crippen molar-refractivity contribution in [1.29, 1.82) is 0 Å². The van der Waals surface area contributed by atoms with Crippen molar-refractivity contribution in [1.82, 2.24) is 14.6 Å². The zero-order valence-corrected chi connectivity index (χ0v) is 18.6. The third kappa shape index (κ3) is 3.98. The van der Waals surface area contributed by atoms with E-state index in [-0.39, 0.29) is 16.2 Å². The lowest BCUT2D eigenvalue weighted by molar-refractivity contribution is 0.571. The molecule has 0 aliphatic carbocycles. The van der Waals surface area contributed by atoms with Gasteiger partial charge in [0.2, 0.25) is 4.96 Å². The lowest BCUT2D eigenvalue weighted by Gasteiger charge is -2.00. The number of benzene rings is 2. The monoisotopic (exact) mass is 481 g/mol. The number of fused-ring (bicyclic) bond motifs is 1. The van der Waals surface area contributed by atoms with Crippen LogP contribution in [0.25, 0.3) is 22.4 Å². The summed E-state index contributed by atoms with van der Waals surface area (Å²) in [6, 6.07) is 18.0. The molecule has 32 heavy (non-hydrogen) atoms. The molecule has 0 bridgehead atoms. The van der Waals surface area contributed by atoms with Crippen LogP contribution in [0.4, 0.5) is 0 Å². The largest absolute Gasteiger partial charge is 0.457 e. The molecule has 0 saturated heterocycles. The highest BCUT2D eigenvalue weighted by molar-refractivity contribution is 7.15. The third-order valence-corrected chi connectivity index (χ3v) is 6.28. The minimum absolute atomic E-state index is 0.214. The van der Waals surface area contributed by atoms with Crippen molar-refractivity contribution in [3.05, 3.63) is 113 Å². The average molecular weight is 482 g/mol. The first-order chi connectivity index (χ1) is 15.5. The first kappa shape index (κ1) is 20.6. The molecule has 0 unspecified atom stereocenters. The van der Waals surface area contributed by atoms with Gasteiger partial charge in [-0.3, -0.25) is 9.59 Å². The van der Waals surface area contributed by atoms with E-state index in [9.17, 15) is 9.59 Å². The summed E-state index contributed by atoms with van der Waals surface area (Å²) in [5, 5.41) is 5.30. The normalized spacial score (nSPS) is 12.0. The Bertz CT molecular complexity index is 1620. The Kier molecular flexibility index (Phi) is 5.38. The summed E-state index contributed by atoms with van der Waals surface area (Å²) in [5.41, 5.74) is 0.960. The van der Waals surface area contributed by atoms with Gasteiger partial charge in [0.1, 0.15) is 21.7 Å². The Morgan fingerprint density at radius 1 is 1.03 bits per heavy atom. The molecule has 2 aromatic carbocycles. The fourth-order valence-corrected chi connectivity index (χ4v) is 4.50. The van der Waals surface area contributed by atoms with Gasteiger partial charge in [0.25, 0.3) is 11.1 Å². The first-order valence-corrected chi connectivity index (χ1v) is 11.1. The fourth-order valence-electron chi connectivity index (χ4n) is 3.23. The van der Waals surface area contributed by atoms with E-state index >= 15 is 0 Å². The Morgan fingerprint density at radius 3 is 2.66 bits per heavy atom. The third-order valence-electron chi connectivity index (χ3n) is 4.76. The van der Waals surface area contributed by atoms with Crippen LogP contribution >= 0.6 is 34.5 Å². The lowest BCUT2D eigenvalue weighted by Crippen LogP contribution is -2.28. The van der Waals surface area contributed by atoms with E-state index in [0.717, 1.165) is 21.4 Å². The lowest BCUT2D eigenvalue weighted by atomic mass is 10.1. The van der Waals surface area contributed by atoms with Gasteiger partial charge in [0, 0.05) is 23.1 Å². The predicted molar refractivity (Wildman–Crippen MR) is 126 cm³/mol. The molecule has 3 aromatic heterocycles. The van der Waals surface area contributed by atoms with Gasteiger partial charge in [0.15, 0.2) is 0 Å². The molecule has 0 aliphatic heterocycles. The molecule has 0 atom stereocenters. The summed E-state index contributed by atoms with van der Waals surface area (Å²) in [6.07, 6.45) is 1.89. The summed E-state index contributed by atoms with van der Waals surface area (Å²) < 4.78 is 7.35. The number of aromatic nitrogens is 3. The minimum atomic E-state index is -0.447. The molecular formula is C23H13Cl2N3O3S. The van der Waals surface area contributed by atoms with Crippen molar-refractivity contribution in [2.75, 3.05) is 0 Å². The maximum Gasteiger partial charge on any atom is 0.296 e. The van der Waals surface area contributed by atoms with Gasteiger partial charge in [-0.05, 0) is 35.9 Å². The van der Waals surface area contributed by atoms with Gasteiger partial charge in [0.05, 0.1) is 5.02 Å². The van der Waals surface area contributed by atoms with Gasteiger partial charge in [-0.25, -0.2) is 0 Å². The second-order valence-corrected chi connectivity index (χ2v) is 8.82. The van der Waals surface area contributed by atoms with Crippen molar-refractivity contribution < 1.29 is 4.42 Å². The molecule has 9 heteroatoms. The Labute approximate surface area is 195 Å². The average Bonchev–Trinajstić information content (AvgIpc) is 3.36. The molecule has 3 heterocycles. The van der Waals surface area contributed by atoms with Crippen molar-refractivity contribution in [3.8, 4) is 11.3 Å². The van der Waals surface area contributed by atoms with E-state index in [2.05, 4.69) is 10.1 Å². The highest BCUT2D eigenvalue weighted by Crippen LogP contribution is 2.31. The maximum atomic E-state index is 12.9. The van der Waals surface area contributed by atoms with Crippen molar-refractivity contribution in [2.24, 2.45) is 0 Å². The number of halogens is 2. The summed E-state index contributed by atoms with van der Waals surface area (Å²) >= 11 is 13.4. The molecule has 0 amide bonds. The summed E-state index contributed by atoms with van der Waals surface area (Å²) in [7, 11) is 0. The molecule has 6 nitrogen and oxygen atoms in total. The molecule has 0 N–H and O–H groups in total. The Hall–Kier alpha value is -3.26. The molecule has 158 valence electrons.